The number of allylic oxidation sites excluding steroid dienone is 2. The number of unbranched alkanes of at least 4 members (excludes halogenated alkanes) is 2. The van der Waals surface area contributed by atoms with Gasteiger partial charge in [0.1, 0.15) is 26.2 Å². The number of nitrogens with zero attached hydrogens (tertiary/aromatic N) is 1. The average Bonchev–Trinajstić information content (AvgIpc) is 2.81. The molecule has 1 aliphatic carbocycles. The number of rotatable bonds is 10. The second-order valence-electron chi connectivity index (χ2n) is 10.6. The van der Waals surface area contributed by atoms with E-state index in [0.717, 1.165) is 50.0 Å². The number of hydrogen-bond acceptors (Lipinski definition) is 5. The zero-order chi connectivity index (χ0) is 24.4. The van der Waals surface area contributed by atoms with Crippen LogP contribution in [0.3, 0.4) is 0 Å². The molecule has 1 unspecified atom stereocenters. The summed E-state index contributed by atoms with van der Waals surface area (Å²) in [4.78, 5) is 12.0. The third-order valence-corrected chi connectivity index (χ3v) is 8.46. The molecule has 1 atom stereocenters. The van der Waals surface area contributed by atoms with Crippen LogP contribution in [0.15, 0.2) is 11.6 Å². The molecule has 200 valence electrons. The fourth-order valence-corrected chi connectivity index (χ4v) is 5.68. The molecule has 1 saturated heterocycles. The summed E-state index contributed by atoms with van der Waals surface area (Å²) in [5.41, 5.74) is 1.62. The first-order chi connectivity index (χ1) is 16.5. The maximum Gasteiger partial charge on any atom is 0.268 e. The second-order valence-corrected chi connectivity index (χ2v) is 12.0. The van der Waals surface area contributed by atoms with Gasteiger partial charge in [-0.3, -0.25) is 4.57 Å². The van der Waals surface area contributed by atoms with Gasteiger partial charge in [0.2, 0.25) is 0 Å². The number of phosphoric ester groups is 1. The van der Waals surface area contributed by atoms with E-state index in [4.69, 9.17) is 13.8 Å². The van der Waals surface area contributed by atoms with Gasteiger partial charge in [-0.25, -0.2) is 0 Å². The van der Waals surface area contributed by atoms with Crippen LogP contribution in [0.4, 0.5) is 0 Å². The summed E-state index contributed by atoms with van der Waals surface area (Å²) in [6.45, 7) is 4.27. The molecule has 1 saturated carbocycles. The van der Waals surface area contributed by atoms with Gasteiger partial charge < -0.3 is 23.2 Å². The van der Waals surface area contributed by atoms with Crippen molar-refractivity contribution >= 4 is 7.82 Å². The van der Waals surface area contributed by atoms with E-state index in [-0.39, 0.29) is 13.2 Å². The molecule has 0 N–H and O–H groups in total. The number of phosphoric acid groups is 1. The van der Waals surface area contributed by atoms with Crippen molar-refractivity contribution in [2.75, 3.05) is 53.1 Å². The summed E-state index contributed by atoms with van der Waals surface area (Å²) < 4.78 is 28.4. The van der Waals surface area contributed by atoms with Crippen molar-refractivity contribution in [3.05, 3.63) is 11.6 Å². The number of ether oxygens (including phenoxy) is 1. The monoisotopic (exact) mass is 501 g/mol. The molecule has 1 heterocycles. The third kappa shape index (κ3) is 15.0. The Kier molecular flexibility index (Phi) is 16.0. The Hall–Kier alpha value is -0.230. The van der Waals surface area contributed by atoms with E-state index < -0.39 is 7.82 Å². The minimum Gasteiger partial charge on any atom is -0.756 e. The van der Waals surface area contributed by atoms with Crippen molar-refractivity contribution in [1.29, 1.82) is 0 Å². The van der Waals surface area contributed by atoms with Crippen molar-refractivity contribution in [2.24, 2.45) is 0 Å². The van der Waals surface area contributed by atoms with E-state index in [2.05, 4.69) is 13.1 Å². The van der Waals surface area contributed by atoms with Gasteiger partial charge in [0.15, 0.2) is 0 Å². The smallest absolute Gasteiger partial charge is 0.268 e. The number of morpholine rings is 1. The fraction of sp³-hybridized carbons (Fsp3) is 0.926. The lowest BCUT2D eigenvalue weighted by Crippen LogP contribution is -2.53. The number of quaternary nitrogens is 1. The van der Waals surface area contributed by atoms with Crippen LogP contribution in [0.25, 0.3) is 0 Å². The molecule has 2 fully saturated rings. The summed E-state index contributed by atoms with van der Waals surface area (Å²) in [5, 5.41) is 0. The van der Waals surface area contributed by atoms with Gasteiger partial charge in [-0.1, -0.05) is 75.9 Å². The quantitative estimate of drug-likeness (QED) is 0.147. The molecular formula is C27H52NO5P. The van der Waals surface area contributed by atoms with Gasteiger partial charge in [-0.05, 0) is 44.9 Å². The summed E-state index contributed by atoms with van der Waals surface area (Å²) in [7, 11) is -2.09. The van der Waals surface area contributed by atoms with E-state index in [1.807, 2.05) is 0 Å². The maximum absolute atomic E-state index is 12.0. The standard InChI is InChI=1S/C27H52NO5P/c1-28(20-24-31-25-21-28)22-26-33-34(29,30)32-23-16-12-15-19-27-17-13-10-8-6-4-2-3-5-7-9-11-14-18-27/h19H,2-18,20-26H2,1H3. The fourth-order valence-electron chi connectivity index (χ4n) is 4.95. The van der Waals surface area contributed by atoms with E-state index in [1.54, 1.807) is 5.57 Å². The van der Waals surface area contributed by atoms with Crippen LogP contribution in [0.1, 0.15) is 109 Å². The highest BCUT2D eigenvalue weighted by Crippen LogP contribution is 2.38. The summed E-state index contributed by atoms with van der Waals surface area (Å²) >= 11 is 0. The lowest BCUT2D eigenvalue weighted by Gasteiger charge is -2.37. The van der Waals surface area contributed by atoms with E-state index in [9.17, 15) is 9.46 Å². The minimum absolute atomic E-state index is 0.170. The summed E-state index contributed by atoms with van der Waals surface area (Å²) in [6.07, 6.45) is 24.2. The van der Waals surface area contributed by atoms with Crippen molar-refractivity contribution < 1.29 is 27.7 Å². The maximum atomic E-state index is 12.0. The number of likely N-dealkylation sites (N-methyl/N-ethyl adjacent to an activating group) is 1. The Labute approximate surface area is 209 Å². The van der Waals surface area contributed by atoms with E-state index in [0.29, 0.717) is 6.54 Å². The van der Waals surface area contributed by atoms with Crippen LogP contribution in [0.2, 0.25) is 0 Å². The molecule has 6 nitrogen and oxygen atoms in total. The van der Waals surface area contributed by atoms with Gasteiger partial charge in [-0.15, -0.1) is 0 Å². The molecule has 0 aromatic heterocycles. The predicted octanol–water partition coefficient (Wildman–Crippen LogP) is 6.54. The van der Waals surface area contributed by atoms with Gasteiger partial charge in [0, 0.05) is 0 Å². The Bertz CT molecular complexity index is 574. The molecule has 7 heteroatoms. The van der Waals surface area contributed by atoms with Gasteiger partial charge in [0.25, 0.3) is 7.82 Å². The highest BCUT2D eigenvalue weighted by Gasteiger charge is 2.25. The lowest BCUT2D eigenvalue weighted by molar-refractivity contribution is -0.916. The van der Waals surface area contributed by atoms with Crippen LogP contribution >= 0.6 is 7.82 Å². The summed E-state index contributed by atoms with van der Waals surface area (Å²) in [6, 6.07) is 0. The van der Waals surface area contributed by atoms with Crippen molar-refractivity contribution in [3.63, 3.8) is 0 Å². The predicted molar refractivity (Wildman–Crippen MR) is 138 cm³/mol. The first kappa shape index (κ1) is 30.0. The molecular weight excluding hydrogens is 449 g/mol. The van der Waals surface area contributed by atoms with E-state index >= 15 is 0 Å². The highest BCUT2D eigenvalue weighted by atomic mass is 31.2. The molecule has 0 aromatic rings. The van der Waals surface area contributed by atoms with Crippen LogP contribution in [-0.2, 0) is 18.3 Å². The minimum atomic E-state index is -4.21. The zero-order valence-electron chi connectivity index (χ0n) is 22.0. The van der Waals surface area contributed by atoms with Crippen molar-refractivity contribution in [1.82, 2.24) is 0 Å². The third-order valence-electron chi connectivity index (χ3n) is 7.46. The Morgan fingerprint density at radius 2 is 1.32 bits per heavy atom. The molecule has 34 heavy (non-hydrogen) atoms. The van der Waals surface area contributed by atoms with Gasteiger partial charge in [-0.2, -0.15) is 0 Å². The first-order valence-corrected chi connectivity index (χ1v) is 15.6. The van der Waals surface area contributed by atoms with Gasteiger partial charge >= 0.3 is 0 Å². The molecule has 2 aliphatic rings. The second kappa shape index (κ2) is 18.1. The van der Waals surface area contributed by atoms with E-state index in [1.165, 1.54) is 89.9 Å². The average molecular weight is 502 g/mol. The Morgan fingerprint density at radius 1 is 0.824 bits per heavy atom. The normalized spacial score (nSPS) is 23.4. The number of hydrogen-bond donors (Lipinski definition) is 0. The largest absolute Gasteiger partial charge is 0.756 e. The van der Waals surface area contributed by atoms with Crippen molar-refractivity contribution in [3.8, 4) is 0 Å². The molecule has 0 bridgehead atoms. The molecule has 0 aromatic carbocycles. The Morgan fingerprint density at radius 3 is 1.88 bits per heavy atom. The highest BCUT2D eigenvalue weighted by molar-refractivity contribution is 7.45. The zero-order valence-corrected chi connectivity index (χ0v) is 22.9. The molecule has 0 radical (unpaired) electrons. The lowest BCUT2D eigenvalue weighted by atomic mass is 9.98. The van der Waals surface area contributed by atoms with Crippen molar-refractivity contribution in [2.45, 2.75) is 109 Å². The molecule has 0 amide bonds. The van der Waals surface area contributed by atoms with Crippen LogP contribution in [0.5, 0.6) is 0 Å². The van der Waals surface area contributed by atoms with Crippen LogP contribution in [0, 0.1) is 0 Å². The molecule has 0 spiro atoms. The van der Waals surface area contributed by atoms with Gasteiger partial charge in [0.05, 0.1) is 26.9 Å². The SMILES string of the molecule is C[N+]1(CCOP(=O)([O-])OCCCCC=C2CCCCCCCCCCCCCC2)CCOCC1. The molecule has 1 aliphatic heterocycles. The summed E-state index contributed by atoms with van der Waals surface area (Å²) in [5.74, 6) is 0. The van der Waals surface area contributed by atoms with Crippen LogP contribution < -0.4 is 4.89 Å². The molecule has 2 rings (SSSR count). The van der Waals surface area contributed by atoms with Crippen LogP contribution in [-0.4, -0.2) is 57.6 Å². The first-order valence-electron chi connectivity index (χ1n) is 14.2. The Balaban J connectivity index is 1.59. The topological polar surface area (TPSA) is 67.8 Å².